The largest absolute Gasteiger partial charge is 0.355 e. The van der Waals surface area contributed by atoms with E-state index in [1.54, 1.807) is 6.92 Å². The van der Waals surface area contributed by atoms with E-state index in [-0.39, 0.29) is 23.1 Å². The van der Waals surface area contributed by atoms with E-state index in [1.807, 2.05) is 19.0 Å². The van der Waals surface area contributed by atoms with Gasteiger partial charge in [0.15, 0.2) is 0 Å². The van der Waals surface area contributed by atoms with Crippen LogP contribution >= 0.6 is 0 Å². The molecule has 5 nitrogen and oxygen atoms in total. The van der Waals surface area contributed by atoms with Gasteiger partial charge in [-0.2, -0.15) is 0 Å². The lowest BCUT2D eigenvalue weighted by molar-refractivity contribution is -0.130. The second-order valence-electron chi connectivity index (χ2n) is 8.13. The summed E-state index contributed by atoms with van der Waals surface area (Å²) >= 11 is 0. The van der Waals surface area contributed by atoms with E-state index in [2.05, 4.69) is 34.5 Å². The summed E-state index contributed by atoms with van der Waals surface area (Å²) in [5.74, 6) is 0.599. The average Bonchev–Trinajstić information content (AvgIpc) is 2.89. The standard InChI is InChI=1S/C21H31N3O2/c1-16(25)24-11-8-21(9-12-24)15-17(18-6-4-5-7-19(18)21)14-20(26)22-10-13-23(2)3/h4-7,17H,8-15H2,1-3H3,(H,22,26)/t17-/m1/s1. The summed E-state index contributed by atoms with van der Waals surface area (Å²) in [6, 6.07) is 8.62. The molecule has 0 radical (unpaired) electrons. The molecule has 0 unspecified atom stereocenters. The van der Waals surface area contributed by atoms with Gasteiger partial charge in [-0.3, -0.25) is 9.59 Å². The van der Waals surface area contributed by atoms with Crippen molar-refractivity contribution in [2.24, 2.45) is 0 Å². The zero-order valence-electron chi connectivity index (χ0n) is 16.3. The molecule has 3 rings (SSSR count). The summed E-state index contributed by atoms with van der Waals surface area (Å²) in [6.07, 6.45) is 3.59. The first-order chi connectivity index (χ1) is 12.4. The predicted molar refractivity (Wildman–Crippen MR) is 103 cm³/mol. The topological polar surface area (TPSA) is 52.7 Å². The van der Waals surface area contributed by atoms with Gasteiger partial charge in [-0.25, -0.2) is 0 Å². The number of carbonyl (C=O) groups excluding carboxylic acids is 2. The lowest BCUT2D eigenvalue weighted by Crippen LogP contribution is -2.43. The fourth-order valence-corrected chi connectivity index (χ4v) is 4.65. The van der Waals surface area contributed by atoms with Crippen LogP contribution in [-0.4, -0.2) is 61.9 Å². The Hall–Kier alpha value is -1.88. The molecule has 0 saturated carbocycles. The highest BCUT2D eigenvalue weighted by Gasteiger charge is 2.45. The van der Waals surface area contributed by atoms with Gasteiger partial charge in [0.2, 0.25) is 11.8 Å². The fourth-order valence-electron chi connectivity index (χ4n) is 4.65. The van der Waals surface area contributed by atoms with Crippen molar-refractivity contribution in [2.45, 2.75) is 43.9 Å². The molecule has 2 aliphatic rings. The van der Waals surface area contributed by atoms with Gasteiger partial charge in [0, 0.05) is 39.5 Å². The maximum Gasteiger partial charge on any atom is 0.220 e. The Labute approximate surface area is 156 Å². The maximum atomic E-state index is 12.4. The number of nitrogens with one attached hydrogen (secondary N) is 1. The van der Waals surface area contributed by atoms with Crippen LogP contribution in [0.25, 0.3) is 0 Å². The number of piperidine rings is 1. The number of amides is 2. The minimum absolute atomic E-state index is 0.136. The smallest absolute Gasteiger partial charge is 0.220 e. The Morgan fingerprint density at radius 3 is 2.58 bits per heavy atom. The van der Waals surface area contributed by atoms with Gasteiger partial charge in [-0.1, -0.05) is 24.3 Å². The van der Waals surface area contributed by atoms with E-state index in [1.165, 1.54) is 11.1 Å². The van der Waals surface area contributed by atoms with Crippen molar-refractivity contribution in [3.05, 3.63) is 35.4 Å². The van der Waals surface area contributed by atoms with Crippen LogP contribution in [0, 0.1) is 0 Å². The number of benzene rings is 1. The molecule has 0 bridgehead atoms. The van der Waals surface area contributed by atoms with Crippen molar-refractivity contribution in [1.82, 2.24) is 15.1 Å². The number of likely N-dealkylation sites (tertiary alicyclic amines) is 1. The third-order valence-corrected chi connectivity index (χ3v) is 6.09. The van der Waals surface area contributed by atoms with Crippen LogP contribution in [0.3, 0.4) is 0 Å². The third-order valence-electron chi connectivity index (χ3n) is 6.09. The molecule has 1 atom stereocenters. The first-order valence-electron chi connectivity index (χ1n) is 9.68. The first-order valence-corrected chi connectivity index (χ1v) is 9.68. The lowest BCUT2D eigenvalue weighted by atomic mass is 9.73. The van der Waals surface area contributed by atoms with Crippen LogP contribution in [-0.2, 0) is 15.0 Å². The summed E-state index contributed by atoms with van der Waals surface area (Å²) in [5.41, 5.74) is 2.89. The number of likely N-dealkylation sites (N-methyl/N-ethyl adjacent to an activating group) is 1. The molecule has 0 aromatic heterocycles. The molecule has 1 saturated heterocycles. The SMILES string of the molecule is CC(=O)N1CCC2(CC1)C[C@@H](CC(=O)NCCN(C)C)c1ccccc12. The highest BCUT2D eigenvalue weighted by molar-refractivity contribution is 5.77. The first kappa shape index (κ1) is 18.9. The molecule has 5 heteroatoms. The van der Waals surface area contributed by atoms with Crippen LogP contribution in [0.4, 0.5) is 0 Å². The van der Waals surface area contributed by atoms with Crippen LogP contribution in [0.5, 0.6) is 0 Å². The Morgan fingerprint density at radius 1 is 1.23 bits per heavy atom. The van der Waals surface area contributed by atoms with E-state index in [9.17, 15) is 9.59 Å². The van der Waals surface area contributed by atoms with Gasteiger partial charge >= 0.3 is 0 Å². The van der Waals surface area contributed by atoms with E-state index in [4.69, 9.17) is 0 Å². The van der Waals surface area contributed by atoms with Crippen molar-refractivity contribution in [3.8, 4) is 0 Å². The number of carbonyl (C=O) groups is 2. The summed E-state index contributed by atoms with van der Waals surface area (Å²) in [6.45, 7) is 4.86. The number of hydrogen-bond acceptors (Lipinski definition) is 3. The molecule has 26 heavy (non-hydrogen) atoms. The van der Waals surface area contributed by atoms with Crippen LogP contribution < -0.4 is 5.32 Å². The zero-order chi connectivity index (χ0) is 18.7. The normalized spacial score (nSPS) is 21.1. The minimum Gasteiger partial charge on any atom is -0.355 e. The maximum absolute atomic E-state index is 12.4. The lowest BCUT2D eigenvalue weighted by Gasteiger charge is -2.40. The molecule has 142 valence electrons. The zero-order valence-corrected chi connectivity index (χ0v) is 16.3. The molecular weight excluding hydrogens is 326 g/mol. The van der Waals surface area contributed by atoms with Crippen molar-refractivity contribution in [3.63, 3.8) is 0 Å². The van der Waals surface area contributed by atoms with Crippen LogP contribution in [0.15, 0.2) is 24.3 Å². The number of nitrogens with zero attached hydrogens (tertiary/aromatic N) is 2. The highest BCUT2D eigenvalue weighted by atomic mass is 16.2. The monoisotopic (exact) mass is 357 g/mol. The summed E-state index contributed by atoms with van der Waals surface area (Å²) in [5, 5.41) is 3.05. The fraction of sp³-hybridized carbons (Fsp3) is 0.619. The second-order valence-corrected chi connectivity index (χ2v) is 8.13. The Bertz CT molecular complexity index is 663. The Kier molecular flexibility index (Phi) is 5.66. The number of fused-ring (bicyclic) bond motifs is 2. The Balaban J connectivity index is 1.68. The minimum atomic E-state index is 0.136. The van der Waals surface area contributed by atoms with Crippen LogP contribution in [0.1, 0.15) is 49.7 Å². The molecule has 1 aliphatic carbocycles. The third kappa shape index (κ3) is 3.93. The van der Waals surface area contributed by atoms with E-state index in [0.717, 1.165) is 38.9 Å². The van der Waals surface area contributed by atoms with Gasteiger partial charge in [-0.15, -0.1) is 0 Å². The highest BCUT2D eigenvalue weighted by Crippen LogP contribution is 2.52. The van der Waals surface area contributed by atoms with Gasteiger partial charge in [0.05, 0.1) is 0 Å². The predicted octanol–water partition coefficient (Wildman–Crippen LogP) is 2.12. The van der Waals surface area contributed by atoms with E-state index in [0.29, 0.717) is 13.0 Å². The van der Waals surface area contributed by atoms with E-state index >= 15 is 0 Å². The average molecular weight is 357 g/mol. The van der Waals surface area contributed by atoms with Gasteiger partial charge in [-0.05, 0) is 55.8 Å². The van der Waals surface area contributed by atoms with Gasteiger partial charge in [0.1, 0.15) is 0 Å². The molecule has 1 aromatic carbocycles. The molecule has 1 heterocycles. The summed E-state index contributed by atoms with van der Waals surface area (Å²) in [4.78, 5) is 28.1. The van der Waals surface area contributed by atoms with Crippen molar-refractivity contribution >= 4 is 11.8 Å². The molecule has 1 N–H and O–H groups in total. The van der Waals surface area contributed by atoms with Crippen molar-refractivity contribution < 1.29 is 9.59 Å². The molecule has 2 amide bonds. The molecule has 1 aliphatic heterocycles. The van der Waals surface area contributed by atoms with Gasteiger partial charge < -0.3 is 15.1 Å². The van der Waals surface area contributed by atoms with Crippen molar-refractivity contribution in [1.29, 1.82) is 0 Å². The number of rotatable bonds is 5. The summed E-state index contributed by atoms with van der Waals surface area (Å²) < 4.78 is 0. The molecule has 1 aromatic rings. The quantitative estimate of drug-likeness (QED) is 0.878. The number of hydrogen-bond donors (Lipinski definition) is 1. The second kappa shape index (κ2) is 7.78. The van der Waals surface area contributed by atoms with Crippen molar-refractivity contribution in [2.75, 3.05) is 40.3 Å². The van der Waals surface area contributed by atoms with Gasteiger partial charge in [0.25, 0.3) is 0 Å². The Morgan fingerprint density at radius 2 is 1.92 bits per heavy atom. The summed E-state index contributed by atoms with van der Waals surface area (Å²) in [7, 11) is 4.02. The van der Waals surface area contributed by atoms with E-state index < -0.39 is 0 Å². The molecule has 1 fully saturated rings. The molecule has 1 spiro atoms. The molecular formula is C21H31N3O2. The van der Waals surface area contributed by atoms with Crippen LogP contribution in [0.2, 0.25) is 0 Å².